The molecule has 0 aliphatic carbocycles. The number of carbonyl (C=O) groups excluding carboxylic acids is 1. The van der Waals surface area contributed by atoms with Gasteiger partial charge in [-0.15, -0.1) is 0 Å². The van der Waals surface area contributed by atoms with E-state index in [0.717, 1.165) is 11.1 Å². The molecule has 0 unspecified atom stereocenters. The van der Waals surface area contributed by atoms with Gasteiger partial charge in [0.15, 0.2) is 0 Å². The summed E-state index contributed by atoms with van der Waals surface area (Å²) in [7, 11) is 1.37. The lowest BCUT2D eigenvalue weighted by molar-refractivity contribution is 0.0600. The maximum absolute atomic E-state index is 11.4. The first kappa shape index (κ1) is 12.7. The molecule has 3 nitrogen and oxygen atoms in total. The van der Waals surface area contributed by atoms with E-state index in [9.17, 15) is 9.90 Å². The number of rotatable bonds is 3. The zero-order valence-electron chi connectivity index (χ0n) is 10.2. The van der Waals surface area contributed by atoms with Crippen LogP contribution in [0.5, 0.6) is 0 Å². The second kappa shape index (κ2) is 4.66. The van der Waals surface area contributed by atoms with Crippen LogP contribution in [0.1, 0.15) is 35.3 Å². The number of aliphatic hydroxyl groups is 1. The summed E-state index contributed by atoms with van der Waals surface area (Å²) in [5.41, 5.74) is 2.16. The second-order valence-electron chi connectivity index (χ2n) is 4.56. The lowest BCUT2D eigenvalue weighted by Gasteiger charge is -2.23. The molecule has 88 valence electrons. The second-order valence-corrected chi connectivity index (χ2v) is 4.56. The largest absolute Gasteiger partial charge is 0.465 e. The van der Waals surface area contributed by atoms with E-state index in [0.29, 0.717) is 5.56 Å². The van der Waals surface area contributed by atoms with Gasteiger partial charge in [-0.3, -0.25) is 0 Å². The first-order chi connectivity index (χ1) is 7.42. The zero-order chi connectivity index (χ0) is 12.3. The fourth-order valence-electron chi connectivity index (χ4n) is 1.51. The highest BCUT2D eigenvalue weighted by Gasteiger charge is 2.20. The Morgan fingerprint density at radius 3 is 2.50 bits per heavy atom. The summed E-state index contributed by atoms with van der Waals surface area (Å²) < 4.78 is 4.68. The van der Waals surface area contributed by atoms with Gasteiger partial charge < -0.3 is 9.84 Å². The number of hydrogen-bond acceptors (Lipinski definition) is 3. The molecular weight excluding hydrogens is 204 g/mol. The number of carbonyl (C=O) groups is 1. The third-order valence-corrected chi connectivity index (χ3v) is 2.81. The van der Waals surface area contributed by atoms with Crippen LogP contribution in [-0.4, -0.2) is 24.8 Å². The predicted octanol–water partition coefficient (Wildman–Crippen LogP) is 2.05. The summed E-state index contributed by atoms with van der Waals surface area (Å²) in [6.45, 7) is 5.85. The van der Waals surface area contributed by atoms with Gasteiger partial charge in [0, 0.05) is 5.41 Å². The van der Waals surface area contributed by atoms with E-state index in [4.69, 9.17) is 0 Å². The van der Waals surface area contributed by atoms with Gasteiger partial charge in [0.2, 0.25) is 0 Å². The predicted molar refractivity (Wildman–Crippen MR) is 62.6 cm³/mol. The normalized spacial score (nSPS) is 11.3. The quantitative estimate of drug-likeness (QED) is 0.796. The highest BCUT2D eigenvalue weighted by Crippen LogP contribution is 2.24. The molecule has 0 fully saturated rings. The van der Waals surface area contributed by atoms with Crippen molar-refractivity contribution in [3.8, 4) is 0 Å². The Hall–Kier alpha value is -1.35. The number of aliphatic hydroxyl groups excluding tert-OH is 1. The molecule has 16 heavy (non-hydrogen) atoms. The average molecular weight is 222 g/mol. The molecule has 1 aromatic rings. The van der Waals surface area contributed by atoms with Crippen molar-refractivity contribution in [3.63, 3.8) is 0 Å². The molecule has 0 heterocycles. The maximum atomic E-state index is 11.4. The van der Waals surface area contributed by atoms with Crippen LogP contribution >= 0.6 is 0 Å². The molecule has 1 rings (SSSR count). The summed E-state index contributed by atoms with van der Waals surface area (Å²) in [5, 5.41) is 9.27. The van der Waals surface area contributed by atoms with Crippen LogP contribution in [0.3, 0.4) is 0 Å². The highest BCUT2D eigenvalue weighted by atomic mass is 16.5. The Morgan fingerprint density at radius 1 is 1.44 bits per heavy atom. The molecule has 0 aromatic heterocycles. The maximum Gasteiger partial charge on any atom is 0.338 e. The number of ether oxygens (including phenoxy) is 1. The Labute approximate surface area is 96.1 Å². The van der Waals surface area contributed by atoms with Crippen LogP contribution in [-0.2, 0) is 10.2 Å². The summed E-state index contributed by atoms with van der Waals surface area (Å²) >= 11 is 0. The first-order valence-corrected chi connectivity index (χ1v) is 5.22. The third kappa shape index (κ3) is 2.42. The summed E-state index contributed by atoms with van der Waals surface area (Å²) in [4.78, 5) is 11.4. The standard InChI is InChI=1S/C13H18O3/c1-9-7-10(13(2,3)8-14)5-6-11(9)12(15)16-4/h5-7,14H,8H2,1-4H3. The number of benzene rings is 1. The van der Waals surface area contributed by atoms with Crippen molar-refractivity contribution in [2.24, 2.45) is 0 Å². The molecule has 3 heteroatoms. The van der Waals surface area contributed by atoms with Crippen molar-refractivity contribution >= 4 is 5.97 Å². The minimum Gasteiger partial charge on any atom is -0.465 e. The average Bonchev–Trinajstić information content (AvgIpc) is 2.28. The van der Waals surface area contributed by atoms with Gasteiger partial charge in [-0.2, -0.15) is 0 Å². The minimum atomic E-state index is -0.328. The van der Waals surface area contributed by atoms with Crippen molar-refractivity contribution in [2.45, 2.75) is 26.2 Å². The van der Waals surface area contributed by atoms with Gasteiger partial charge in [-0.05, 0) is 24.1 Å². The van der Waals surface area contributed by atoms with Crippen molar-refractivity contribution in [1.82, 2.24) is 0 Å². The zero-order valence-corrected chi connectivity index (χ0v) is 10.2. The van der Waals surface area contributed by atoms with Crippen LogP contribution in [0.2, 0.25) is 0 Å². The topological polar surface area (TPSA) is 46.5 Å². The van der Waals surface area contributed by atoms with E-state index in [1.54, 1.807) is 6.07 Å². The number of aryl methyl sites for hydroxylation is 1. The molecule has 0 atom stereocenters. The van der Waals surface area contributed by atoms with Crippen molar-refractivity contribution < 1.29 is 14.6 Å². The Bertz CT molecular complexity index is 394. The molecule has 0 saturated carbocycles. The van der Waals surface area contributed by atoms with Crippen LogP contribution in [0.15, 0.2) is 18.2 Å². The van der Waals surface area contributed by atoms with Crippen molar-refractivity contribution in [1.29, 1.82) is 0 Å². The lowest BCUT2D eigenvalue weighted by atomic mass is 9.84. The third-order valence-electron chi connectivity index (χ3n) is 2.81. The molecule has 0 saturated heterocycles. The summed E-state index contributed by atoms with van der Waals surface area (Å²) in [6.07, 6.45) is 0. The smallest absolute Gasteiger partial charge is 0.338 e. The van der Waals surface area contributed by atoms with E-state index in [1.807, 2.05) is 32.9 Å². The van der Waals surface area contributed by atoms with E-state index in [2.05, 4.69) is 4.74 Å². The molecule has 0 bridgehead atoms. The molecule has 0 radical (unpaired) electrons. The number of esters is 1. The van der Waals surface area contributed by atoms with Gasteiger partial charge in [0.05, 0.1) is 19.3 Å². The molecular formula is C13H18O3. The van der Waals surface area contributed by atoms with E-state index in [-0.39, 0.29) is 18.0 Å². The van der Waals surface area contributed by atoms with E-state index in [1.165, 1.54) is 7.11 Å². The number of hydrogen-bond donors (Lipinski definition) is 1. The van der Waals surface area contributed by atoms with Gasteiger partial charge in [-0.1, -0.05) is 26.0 Å². The van der Waals surface area contributed by atoms with Gasteiger partial charge in [-0.25, -0.2) is 4.79 Å². The van der Waals surface area contributed by atoms with E-state index >= 15 is 0 Å². The Morgan fingerprint density at radius 2 is 2.06 bits per heavy atom. The molecule has 1 N–H and O–H groups in total. The van der Waals surface area contributed by atoms with E-state index < -0.39 is 0 Å². The number of methoxy groups -OCH3 is 1. The fraction of sp³-hybridized carbons (Fsp3) is 0.462. The SMILES string of the molecule is COC(=O)c1ccc(C(C)(C)CO)cc1C. The van der Waals surface area contributed by atoms with Crippen LogP contribution in [0.25, 0.3) is 0 Å². The van der Waals surface area contributed by atoms with Gasteiger partial charge >= 0.3 is 5.97 Å². The molecule has 0 spiro atoms. The lowest BCUT2D eigenvalue weighted by Crippen LogP contribution is -2.22. The first-order valence-electron chi connectivity index (χ1n) is 5.22. The van der Waals surface area contributed by atoms with Crippen molar-refractivity contribution in [2.75, 3.05) is 13.7 Å². The summed E-state index contributed by atoms with van der Waals surface area (Å²) in [6, 6.07) is 5.52. The van der Waals surface area contributed by atoms with Gasteiger partial charge in [0.25, 0.3) is 0 Å². The fourth-order valence-corrected chi connectivity index (χ4v) is 1.51. The van der Waals surface area contributed by atoms with Crippen molar-refractivity contribution in [3.05, 3.63) is 34.9 Å². The Balaban J connectivity index is 3.14. The highest BCUT2D eigenvalue weighted by molar-refractivity contribution is 5.91. The molecule has 1 aromatic carbocycles. The molecule has 0 amide bonds. The van der Waals surface area contributed by atoms with Crippen LogP contribution in [0, 0.1) is 6.92 Å². The Kier molecular flexibility index (Phi) is 3.70. The molecule has 0 aliphatic heterocycles. The minimum absolute atomic E-state index is 0.0734. The molecule has 0 aliphatic rings. The monoisotopic (exact) mass is 222 g/mol. The van der Waals surface area contributed by atoms with Crippen LogP contribution < -0.4 is 0 Å². The van der Waals surface area contributed by atoms with Gasteiger partial charge in [0.1, 0.15) is 0 Å². The summed E-state index contributed by atoms with van der Waals surface area (Å²) in [5.74, 6) is -0.328. The van der Waals surface area contributed by atoms with Crippen LogP contribution in [0.4, 0.5) is 0 Å².